The van der Waals surface area contributed by atoms with Gasteiger partial charge in [0.1, 0.15) is 35.2 Å². The topological polar surface area (TPSA) is 95.7 Å². The van der Waals surface area contributed by atoms with Gasteiger partial charge in [0.15, 0.2) is 5.82 Å². The van der Waals surface area contributed by atoms with Crippen molar-refractivity contribution < 1.29 is 32.0 Å². The number of nitrogens with zero attached hydrogens (tertiary/aromatic N) is 6. The number of hydrogen-bond donors (Lipinski definition) is 1. The Hall–Kier alpha value is -4.17. The number of alkyl halides is 1. The van der Waals surface area contributed by atoms with Gasteiger partial charge in [-0.05, 0) is 43.3 Å². The van der Waals surface area contributed by atoms with Gasteiger partial charge in [-0.15, -0.1) is 0 Å². The first-order valence-electron chi connectivity index (χ1n) is 17.8. The van der Waals surface area contributed by atoms with E-state index in [0.717, 1.165) is 32.4 Å². The number of amides is 1. The van der Waals surface area contributed by atoms with Crippen molar-refractivity contribution in [2.75, 3.05) is 59.5 Å². The lowest BCUT2D eigenvalue weighted by atomic mass is 9.95. The minimum Gasteiger partial charge on any atom is -0.443 e. The molecule has 0 bridgehead atoms. The maximum Gasteiger partial charge on any atom is 0.434 e. The second-order valence-corrected chi connectivity index (χ2v) is 14.6. The molecule has 10 nitrogen and oxygen atoms in total. The zero-order chi connectivity index (χ0) is 36.0. The molecule has 4 aromatic rings. The SMILES string of the molecule is C/[N+](=C/C1CCN(C(=O)/C=C/C2CNCCO2)C1)c1nc(OC[C@@]23CCCN2C[C@H](F)C3)nc2c(F)c(-c3cccc4ccc(F)c(Cl)c34)ncc12. The van der Waals surface area contributed by atoms with Gasteiger partial charge in [0.05, 0.1) is 36.5 Å². The van der Waals surface area contributed by atoms with Crippen LogP contribution in [0.2, 0.25) is 5.02 Å². The van der Waals surface area contributed by atoms with E-state index in [1.165, 1.54) is 12.3 Å². The molecule has 4 saturated heterocycles. The molecule has 2 aromatic carbocycles. The monoisotopic (exact) mass is 734 g/mol. The molecule has 8 rings (SSSR count). The van der Waals surface area contributed by atoms with E-state index in [9.17, 15) is 13.6 Å². The van der Waals surface area contributed by atoms with Gasteiger partial charge in [0.2, 0.25) is 5.91 Å². The van der Waals surface area contributed by atoms with E-state index in [1.54, 1.807) is 45.9 Å². The maximum atomic E-state index is 16.8. The third kappa shape index (κ3) is 6.63. The van der Waals surface area contributed by atoms with Crippen LogP contribution >= 0.6 is 11.6 Å². The standard InChI is InChI=1S/C38H40ClF3N7O3/c1-47(19-23-10-14-48(20-23)30(50)9-7-26-17-43-12-15-51-26)36-28-18-44-34(27-5-2-4-24-6-8-29(41)32(39)31(24)27)33(42)35(28)45-37(46-36)52-22-38-11-3-13-49(38)21-25(40)16-38/h2,4-9,18-19,23,25-26,43H,3,10-17,20-22H2,1H3/q+1/b9-7+,47-19-/t23?,25-,26?,38+/m1/s1. The summed E-state index contributed by atoms with van der Waals surface area (Å²) in [7, 11) is 1.81. The van der Waals surface area contributed by atoms with Crippen LogP contribution in [0.1, 0.15) is 25.7 Å². The Morgan fingerprint density at radius 3 is 2.94 bits per heavy atom. The second kappa shape index (κ2) is 14.3. The summed E-state index contributed by atoms with van der Waals surface area (Å²) in [5.74, 6) is -1.08. The first kappa shape index (κ1) is 34.9. The van der Waals surface area contributed by atoms with E-state index in [4.69, 9.17) is 26.1 Å². The summed E-state index contributed by atoms with van der Waals surface area (Å²) in [4.78, 5) is 30.7. The molecule has 272 valence electrons. The van der Waals surface area contributed by atoms with Gasteiger partial charge in [-0.25, -0.2) is 17.7 Å². The number of hydrogen-bond acceptors (Lipinski definition) is 8. The molecule has 2 aromatic heterocycles. The molecule has 4 atom stereocenters. The predicted molar refractivity (Wildman–Crippen MR) is 192 cm³/mol. The zero-order valence-electron chi connectivity index (χ0n) is 28.8. The molecule has 2 unspecified atom stereocenters. The van der Waals surface area contributed by atoms with Crippen LogP contribution in [0.5, 0.6) is 6.01 Å². The van der Waals surface area contributed by atoms with Crippen LogP contribution in [0.4, 0.5) is 19.0 Å². The van der Waals surface area contributed by atoms with Gasteiger partial charge < -0.3 is 19.7 Å². The zero-order valence-corrected chi connectivity index (χ0v) is 29.6. The van der Waals surface area contributed by atoms with Crippen molar-refractivity contribution in [1.82, 2.24) is 30.1 Å². The highest BCUT2D eigenvalue weighted by atomic mass is 35.5. The van der Waals surface area contributed by atoms with Gasteiger partial charge in [-0.2, -0.15) is 4.98 Å². The molecule has 6 heterocycles. The molecule has 14 heteroatoms. The van der Waals surface area contributed by atoms with Crippen molar-refractivity contribution in [2.24, 2.45) is 5.92 Å². The molecule has 0 radical (unpaired) electrons. The molecule has 0 aliphatic carbocycles. The number of fused-ring (bicyclic) bond motifs is 3. The Morgan fingerprint density at radius 1 is 1.21 bits per heavy atom. The minimum atomic E-state index is -0.938. The number of carbonyl (C=O) groups excluding carboxylic acids is 1. The summed E-state index contributed by atoms with van der Waals surface area (Å²) >= 11 is 6.42. The predicted octanol–water partition coefficient (Wildman–Crippen LogP) is 5.47. The molecular weight excluding hydrogens is 695 g/mol. The summed E-state index contributed by atoms with van der Waals surface area (Å²) in [5.41, 5.74) is -0.217. The van der Waals surface area contributed by atoms with Crippen molar-refractivity contribution in [3.8, 4) is 17.3 Å². The number of carbonyl (C=O) groups is 1. The van der Waals surface area contributed by atoms with E-state index in [0.29, 0.717) is 66.7 Å². The van der Waals surface area contributed by atoms with Crippen LogP contribution in [0, 0.1) is 17.6 Å². The largest absolute Gasteiger partial charge is 0.443 e. The number of benzene rings is 2. The molecule has 1 amide bonds. The highest BCUT2D eigenvalue weighted by molar-refractivity contribution is 6.36. The molecule has 0 saturated carbocycles. The highest BCUT2D eigenvalue weighted by Crippen LogP contribution is 2.41. The van der Waals surface area contributed by atoms with Crippen LogP contribution in [-0.4, -0.2) is 119 Å². The third-order valence-electron chi connectivity index (χ3n) is 10.8. The fraction of sp³-hybridized carbons (Fsp3) is 0.447. The summed E-state index contributed by atoms with van der Waals surface area (Å²) in [6, 6.07) is 7.97. The van der Waals surface area contributed by atoms with Crippen LogP contribution in [0.3, 0.4) is 0 Å². The first-order chi connectivity index (χ1) is 25.2. The van der Waals surface area contributed by atoms with Gasteiger partial charge in [0, 0.05) is 73.3 Å². The summed E-state index contributed by atoms with van der Waals surface area (Å²) in [6.07, 6.45) is 8.61. The average Bonchev–Trinajstić information content (AvgIpc) is 3.86. The number of rotatable bonds is 8. The van der Waals surface area contributed by atoms with E-state index in [-0.39, 0.29) is 46.8 Å². The third-order valence-corrected chi connectivity index (χ3v) is 11.1. The van der Waals surface area contributed by atoms with Crippen LogP contribution in [0.25, 0.3) is 32.9 Å². The lowest BCUT2D eigenvalue weighted by Crippen LogP contribution is -2.43. The Bertz CT molecular complexity index is 2090. The molecule has 1 N–H and O–H groups in total. The van der Waals surface area contributed by atoms with Gasteiger partial charge in [-0.3, -0.25) is 14.7 Å². The number of pyridine rings is 1. The second-order valence-electron chi connectivity index (χ2n) is 14.2. The molecular formula is C38H40ClF3N7O3+. The summed E-state index contributed by atoms with van der Waals surface area (Å²) in [5, 5.41) is 4.44. The van der Waals surface area contributed by atoms with Crippen LogP contribution < -0.4 is 10.1 Å². The lowest BCUT2D eigenvalue weighted by molar-refractivity contribution is -0.405. The van der Waals surface area contributed by atoms with E-state index in [2.05, 4.69) is 20.2 Å². The summed E-state index contributed by atoms with van der Waals surface area (Å²) in [6.45, 7) is 4.49. The molecule has 4 fully saturated rings. The fourth-order valence-electron chi connectivity index (χ4n) is 8.20. The normalized spacial score (nSPS) is 25.5. The number of likely N-dealkylation sites (tertiary alicyclic amines) is 1. The number of nitrogens with one attached hydrogen (secondary N) is 1. The van der Waals surface area contributed by atoms with E-state index in [1.807, 2.05) is 13.3 Å². The number of halogens is 4. The molecule has 0 spiro atoms. The number of morpholine rings is 1. The Labute approximate surface area is 304 Å². The summed E-state index contributed by atoms with van der Waals surface area (Å²) < 4.78 is 59.7. The Balaban J connectivity index is 1.14. The first-order valence-corrected chi connectivity index (χ1v) is 18.2. The molecule has 52 heavy (non-hydrogen) atoms. The fourth-order valence-corrected chi connectivity index (χ4v) is 8.47. The average molecular weight is 735 g/mol. The van der Waals surface area contributed by atoms with Crippen LogP contribution in [0.15, 0.2) is 48.7 Å². The van der Waals surface area contributed by atoms with Crippen LogP contribution in [-0.2, 0) is 9.53 Å². The Morgan fingerprint density at radius 2 is 2.10 bits per heavy atom. The van der Waals surface area contributed by atoms with Crippen molar-refractivity contribution in [3.05, 3.63) is 65.3 Å². The van der Waals surface area contributed by atoms with E-state index >= 15 is 4.39 Å². The maximum absolute atomic E-state index is 16.8. The quantitative estimate of drug-likeness (QED) is 0.145. The molecule has 4 aliphatic heterocycles. The van der Waals surface area contributed by atoms with Gasteiger partial charge in [0.25, 0.3) is 0 Å². The number of ether oxygens (including phenoxy) is 2. The van der Waals surface area contributed by atoms with Crippen molar-refractivity contribution in [2.45, 2.75) is 43.5 Å². The van der Waals surface area contributed by atoms with Gasteiger partial charge >= 0.3 is 11.8 Å². The molecule has 4 aliphatic rings. The van der Waals surface area contributed by atoms with Gasteiger partial charge in [-0.1, -0.05) is 35.9 Å². The number of aromatic nitrogens is 3. The smallest absolute Gasteiger partial charge is 0.434 e. The lowest BCUT2D eigenvalue weighted by Gasteiger charge is -2.30. The van der Waals surface area contributed by atoms with Crippen molar-refractivity contribution in [1.29, 1.82) is 0 Å². The highest BCUT2D eigenvalue weighted by Gasteiger charge is 2.49. The Kier molecular flexibility index (Phi) is 9.62. The van der Waals surface area contributed by atoms with Crippen molar-refractivity contribution in [3.63, 3.8) is 0 Å². The minimum absolute atomic E-state index is 0.0000408. The van der Waals surface area contributed by atoms with Crippen molar-refractivity contribution >= 4 is 51.2 Å². The van der Waals surface area contributed by atoms with E-state index < -0.39 is 23.3 Å².